The monoisotopic (exact) mass is 381 g/mol. The van der Waals surface area contributed by atoms with Crippen LogP contribution < -0.4 is 15.4 Å². The molecule has 0 aliphatic carbocycles. The molecule has 28 heavy (non-hydrogen) atoms. The van der Waals surface area contributed by atoms with Gasteiger partial charge in [-0.1, -0.05) is 36.4 Å². The summed E-state index contributed by atoms with van der Waals surface area (Å²) in [6.07, 6.45) is 0.895. The molecule has 1 aliphatic rings. The topological polar surface area (TPSA) is 70.7 Å². The molecule has 0 radical (unpaired) electrons. The van der Waals surface area contributed by atoms with Crippen molar-refractivity contribution in [3.05, 3.63) is 65.2 Å². The molecule has 2 N–H and O–H groups in total. The van der Waals surface area contributed by atoms with Gasteiger partial charge >= 0.3 is 0 Å². The minimum atomic E-state index is -0.694. The van der Waals surface area contributed by atoms with Gasteiger partial charge in [-0.25, -0.2) is 0 Å². The standard InChI is InChI=1S/C22H27N3O3/c1-3-28-19-10-9-16-11-12-25(14-18(16)13-19)15-20(26)24-21(22(27)23-2)17-7-5-4-6-8-17/h4-10,13,21H,3,11-12,14-15H2,1-2H3,(H,23,27)(H,24,26). The van der Waals surface area contributed by atoms with Gasteiger partial charge in [-0.2, -0.15) is 0 Å². The minimum Gasteiger partial charge on any atom is -0.494 e. The summed E-state index contributed by atoms with van der Waals surface area (Å²) < 4.78 is 5.59. The van der Waals surface area contributed by atoms with Gasteiger partial charge in [0.05, 0.1) is 13.2 Å². The Balaban J connectivity index is 1.64. The zero-order valence-corrected chi connectivity index (χ0v) is 16.4. The van der Waals surface area contributed by atoms with Gasteiger partial charge in [0.25, 0.3) is 0 Å². The lowest BCUT2D eigenvalue weighted by Gasteiger charge is -2.29. The molecule has 1 aliphatic heterocycles. The fraction of sp³-hybridized carbons (Fsp3) is 0.364. The molecule has 2 aromatic rings. The molecular weight excluding hydrogens is 354 g/mol. The van der Waals surface area contributed by atoms with E-state index in [1.807, 2.05) is 43.3 Å². The lowest BCUT2D eigenvalue weighted by molar-refractivity contribution is -0.129. The second-order valence-electron chi connectivity index (χ2n) is 6.85. The fourth-order valence-electron chi connectivity index (χ4n) is 3.48. The minimum absolute atomic E-state index is 0.165. The SMILES string of the molecule is CCOc1ccc2c(c1)CN(CC(=O)NC(C(=O)NC)c1ccccc1)CC2. The first-order valence-electron chi connectivity index (χ1n) is 9.63. The summed E-state index contributed by atoms with van der Waals surface area (Å²) >= 11 is 0. The van der Waals surface area contributed by atoms with Gasteiger partial charge in [-0.3, -0.25) is 14.5 Å². The van der Waals surface area contributed by atoms with Crippen molar-refractivity contribution in [3.63, 3.8) is 0 Å². The molecule has 2 amide bonds. The van der Waals surface area contributed by atoms with E-state index in [1.54, 1.807) is 7.05 Å². The number of ether oxygens (including phenoxy) is 1. The summed E-state index contributed by atoms with van der Waals surface area (Å²) in [4.78, 5) is 27.0. The quantitative estimate of drug-likeness (QED) is 0.770. The normalized spacial score (nSPS) is 14.6. The Hall–Kier alpha value is -2.86. The first kappa shape index (κ1) is 19.9. The predicted molar refractivity (Wildman–Crippen MR) is 108 cm³/mol. The van der Waals surface area contributed by atoms with E-state index in [2.05, 4.69) is 27.7 Å². The van der Waals surface area contributed by atoms with Crippen LogP contribution in [0, 0.1) is 0 Å². The van der Waals surface area contributed by atoms with Crippen LogP contribution in [0.5, 0.6) is 5.75 Å². The van der Waals surface area contributed by atoms with Crippen LogP contribution in [-0.4, -0.2) is 43.5 Å². The lowest BCUT2D eigenvalue weighted by atomic mass is 9.99. The van der Waals surface area contributed by atoms with Gasteiger partial charge in [0.1, 0.15) is 11.8 Å². The van der Waals surface area contributed by atoms with Crippen LogP contribution >= 0.6 is 0 Å². The van der Waals surface area contributed by atoms with Gasteiger partial charge in [0, 0.05) is 20.1 Å². The maximum atomic E-state index is 12.6. The van der Waals surface area contributed by atoms with E-state index >= 15 is 0 Å². The highest BCUT2D eigenvalue weighted by Crippen LogP contribution is 2.24. The fourth-order valence-corrected chi connectivity index (χ4v) is 3.48. The van der Waals surface area contributed by atoms with Crippen molar-refractivity contribution >= 4 is 11.8 Å². The molecule has 0 spiro atoms. The van der Waals surface area contributed by atoms with E-state index in [1.165, 1.54) is 11.1 Å². The Morgan fingerprint density at radius 3 is 2.64 bits per heavy atom. The number of fused-ring (bicyclic) bond motifs is 1. The Morgan fingerprint density at radius 2 is 1.93 bits per heavy atom. The Labute approximate surface area is 165 Å². The average molecular weight is 381 g/mol. The van der Waals surface area contributed by atoms with E-state index < -0.39 is 6.04 Å². The Kier molecular flexibility index (Phi) is 6.66. The van der Waals surface area contributed by atoms with Crippen molar-refractivity contribution in [1.29, 1.82) is 0 Å². The number of hydrogen-bond donors (Lipinski definition) is 2. The number of amides is 2. The zero-order valence-electron chi connectivity index (χ0n) is 16.4. The Morgan fingerprint density at radius 1 is 1.14 bits per heavy atom. The average Bonchev–Trinajstić information content (AvgIpc) is 2.72. The molecule has 0 saturated heterocycles. The van der Waals surface area contributed by atoms with Crippen LogP contribution in [0.4, 0.5) is 0 Å². The Bertz CT molecular complexity index is 823. The van der Waals surface area contributed by atoms with Crippen LogP contribution in [0.25, 0.3) is 0 Å². The molecule has 1 heterocycles. The number of rotatable bonds is 7. The molecule has 3 rings (SSSR count). The molecular formula is C22H27N3O3. The number of hydrogen-bond acceptors (Lipinski definition) is 4. The molecule has 2 aromatic carbocycles. The summed E-state index contributed by atoms with van der Waals surface area (Å²) in [6, 6.07) is 14.7. The van der Waals surface area contributed by atoms with Crippen LogP contribution in [0.3, 0.4) is 0 Å². The molecule has 6 nitrogen and oxygen atoms in total. The lowest BCUT2D eigenvalue weighted by Crippen LogP contribution is -2.44. The summed E-state index contributed by atoms with van der Waals surface area (Å²) in [6.45, 7) is 4.35. The van der Waals surface area contributed by atoms with Gasteiger partial charge in [-0.05, 0) is 42.2 Å². The summed E-state index contributed by atoms with van der Waals surface area (Å²) in [5.74, 6) is 0.461. The highest BCUT2D eigenvalue weighted by molar-refractivity contribution is 5.89. The molecule has 1 atom stereocenters. The first-order chi connectivity index (χ1) is 13.6. The van der Waals surface area contributed by atoms with Crippen molar-refractivity contribution in [2.24, 2.45) is 0 Å². The molecule has 148 valence electrons. The second kappa shape index (κ2) is 9.37. The van der Waals surface area contributed by atoms with Crippen LogP contribution in [0.1, 0.15) is 29.7 Å². The molecule has 0 saturated carbocycles. The maximum Gasteiger partial charge on any atom is 0.246 e. The highest BCUT2D eigenvalue weighted by Gasteiger charge is 2.24. The van der Waals surface area contributed by atoms with E-state index in [-0.39, 0.29) is 18.4 Å². The smallest absolute Gasteiger partial charge is 0.246 e. The van der Waals surface area contributed by atoms with E-state index in [0.717, 1.165) is 24.3 Å². The number of nitrogens with zero attached hydrogens (tertiary/aromatic N) is 1. The van der Waals surface area contributed by atoms with Crippen molar-refractivity contribution in [2.75, 3.05) is 26.7 Å². The number of nitrogens with one attached hydrogen (secondary N) is 2. The number of likely N-dealkylation sites (N-methyl/N-ethyl adjacent to an activating group) is 1. The van der Waals surface area contributed by atoms with Gasteiger partial charge in [0.15, 0.2) is 0 Å². The predicted octanol–water partition coefficient (Wildman–Crippen LogP) is 2.05. The van der Waals surface area contributed by atoms with Gasteiger partial charge < -0.3 is 15.4 Å². The van der Waals surface area contributed by atoms with Crippen LogP contribution in [0.2, 0.25) is 0 Å². The van der Waals surface area contributed by atoms with E-state index in [0.29, 0.717) is 13.2 Å². The van der Waals surface area contributed by atoms with Crippen molar-refractivity contribution in [3.8, 4) is 5.75 Å². The zero-order chi connectivity index (χ0) is 19.9. The summed E-state index contributed by atoms with van der Waals surface area (Å²) in [5.41, 5.74) is 3.25. The maximum absolute atomic E-state index is 12.6. The van der Waals surface area contributed by atoms with Gasteiger partial charge in [0.2, 0.25) is 11.8 Å². The molecule has 0 aromatic heterocycles. The highest BCUT2D eigenvalue weighted by atomic mass is 16.5. The van der Waals surface area contributed by atoms with Crippen molar-refractivity contribution in [1.82, 2.24) is 15.5 Å². The van der Waals surface area contributed by atoms with Crippen molar-refractivity contribution < 1.29 is 14.3 Å². The number of benzene rings is 2. The van der Waals surface area contributed by atoms with Crippen LogP contribution in [0.15, 0.2) is 48.5 Å². The third kappa shape index (κ3) is 4.89. The molecule has 1 unspecified atom stereocenters. The molecule has 6 heteroatoms. The van der Waals surface area contributed by atoms with Crippen molar-refractivity contribution in [2.45, 2.75) is 25.9 Å². The molecule has 0 bridgehead atoms. The van der Waals surface area contributed by atoms with Gasteiger partial charge in [-0.15, -0.1) is 0 Å². The van der Waals surface area contributed by atoms with Crippen LogP contribution in [-0.2, 0) is 22.6 Å². The second-order valence-corrected chi connectivity index (χ2v) is 6.85. The number of carbonyl (C=O) groups is 2. The third-order valence-electron chi connectivity index (χ3n) is 4.89. The number of carbonyl (C=O) groups excluding carboxylic acids is 2. The first-order valence-corrected chi connectivity index (χ1v) is 9.63. The van der Waals surface area contributed by atoms with E-state index in [4.69, 9.17) is 4.74 Å². The third-order valence-corrected chi connectivity index (χ3v) is 4.89. The summed E-state index contributed by atoms with van der Waals surface area (Å²) in [5, 5.41) is 5.49. The summed E-state index contributed by atoms with van der Waals surface area (Å²) in [7, 11) is 1.57. The largest absolute Gasteiger partial charge is 0.494 e. The van der Waals surface area contributed by atoms with E-state index in [9.17, 15) is 9.59 Å². The molecule has 0 fully saturated rings.